The van der Waals surface area contributed by atoms with E-state index in [4.69, 9.17) is 4.74 Å². The summed E-state index contributed by atoms with van der Waals surface area (Å²) in [5.74, 6) is 0.848. The van der Waals surface area contributed by atoms with Crippen LogP contribution in [0.15, 0.2) is 35.3 Å². The molecule has 1 saturated carbocycles. The zero-order valence-corrected chi connectivity index (χ0v) is 8.02. The van der Waals surface area contributed by atoms with Crippen molar-refractivity contribution in [1.82, 2.24) is 0 Å². The molecule has 2 nitrogen and oxygen atoms in total. The minimum atomic E-state index is 0.366. The molecule has 0 saturated heterocycles. The van der Waals surface area contributed by atoms with E-state index in [1.54, 1.807) is 0 Å². The van der Waals surface area contributed by atoms with E-state index in [0.29, 0.717) is 12.1 Å². The Morgan fingerprint density at radius 2 is 2.00 bits per heavy atom. The summed E-state index contributed by atoms with van der Waals surface area (Å²) < 4.78 is 5.82. The first-order chi connectivity index (χ1) is 6.93. The molecule has 0 amide bonds. The molecule has 1 fully saturated rings. The topological polar surface area (TPSA) is 21.6 Å². The van der Waals surface area contributed by atoms with Crippen molar-refractivity contribution in [3.8, 4) is 0 Å². The van der Waals surface area contributed by atoms with Gasteiger partial charge < -0.3 is 4.74 Å². The van der Waals surface area contributed by atoms with Gasteiger partial charge in [-0.2, -0.15) is 0 Å². The SMILES string of the molecule is c1ccc(C2=N[C@@H]3CCC[C@@H]3O2)cc1. The highest BCUT2D eigenvalue weighted by Crippen LogP contribution is 2.31. The predicted molar refractivity (Wildman–Crippen MR) is 55.5 cm³/mol. The maximum Gasteiger partial charge on any atom is 0.216 e. The minimum absolute atomic E-state index is 0.366. The Morgan fingerprint density at radius 1 is 1.14 bits per heavy atom. The van der Waals surface area contributed by atoms with Gasteiger partial charge in [-0.25, -0.2) is 4.99 Å². The van der Waals surface area contributed by atoms with E-state index in [1.165, 1.54) is 19.3 Å². The molecule has 3 rings (SSSR count). The van der Waals surface area contributed by atoms with E-state index in [2.05, 4.69) is 17.1 Å². The molecule has 2 heteroatoms. The summed E-state index contributed by atoms with van der Waals surface area (Å²) in [5, 5.41) is 0. The lowest BCUT2D eigenvalue weighted by Crippen LogP contribution is -2.15. The van der Waals surface area contributed by atoms with Gasteiger partial charge in [-0.3, -0.25) is 0 Å². The number of ether oxygens (including phenoxy) is 1. The van der Waals surface area contributed by atoms with E-state index in [9.17, 15) is 0 Å². The highest BCUT2D eigenvalue weighted by Gasteiger charge is 2.35. The predicted octanol–water partition coefficient (Wildman–Crippen LogP) is 2.38. The summed E-state index contributed by atoms with van der Waals surface area (Å²) in [6.45, 7) is 0. The number of hydrogen-bond acceptors (Lipinski definition) is 2. The molecule has 0 spiro atoms. The second-order valence-corrected chi connectivity index (χ2v) is 3.95. The average molecular weight is 187 g/mol. The third-order valence-electron chi connectivity index (χ3n) is 2.98. The summed E-state index contributed by atoms with van der Waals surface area (Å²) in [6.07, 6.45) is 4.00. The van der Waals surface area contributed by atoms with Crippen molar-refractivity contribution in [2.45, 2.75) is 31.4 Å². The minimum Gasteiger partial charge on any atom is -0.472 e. The second-order valence-electron chi connectivity index (χ2n) is 3.95. The van der Waals surface area contributed by atoms with Gasteiger partial charge >= 0.3 is 0 Å². The van der Waals surface area contributed by atoms with Crippen molar-refractivity contribution in [3.63, 3.8) is 0 Å². The Morgan fingerprint density at radius 3 is 2.79 bits per heavy atom. The summed E-state index contributed by atoms with van der Waals surface area (Å²) in [5.41, 5.74) is 1.11. The molecule has 0 unspecified atom stereocenters. The molecule has 14 heavy (non-hydrogen) atoms. The lowest BCUT2D eigenvalue weighted by molar-refractivity contribution is 0.211. The van der Waals surface area contributed by atoms with Crippen LogP contribution in [0.5, 0.6) is 0 Å². The third kappa shape index (κ3) is 1.22. The lowest BCUT2D eigenvalue weighted by atomic mass is 10.2. The average Bonchev–Trinajstić information content (AvgIpc) is 2.78. The molecular weight excluding hydrogens is 174 g/mol. The normalized spacial score (nSPS) is 29.6. The van der Waals surface area contributed by atoms with E-state index < -0.39 is 0 Å². The van der Waals surface area contributed by atoms with Crippen molar-refractivity contribution < 1.29 is 4.74 Å². The van der Waals surface area contributed by atoms with Gasteiger partial charge in [-0.15, -0.1) is 0 Å². The Balaban J connectivity index is 1.88. The van der Waals surface area contributed by atoms with Crippen LogP contribution in [0.25, 0.3) is 0 Å². The van der Waals surface area contributed by atoms with Crippen LogP contribution in [0.4, 0.5) is 0 Å². The van der Waals surface area contributed by atoms with Crippen LogP contribution in [0, 0.1) is 0 Å². The highest BCUT2D eigenvalue weighted by molar-refractivity contribution is 5.95. The van der Waals surface area contributed by atoms with Crippen LogP contribution in [-0.4, -0.2) is 18.0 Å². The molecule has 1 aromatic rings. The zero-order chi connectivity index (χ0) is 9.38. The Bertz CT molecular complexity index is 358. The molecule has 0 aromatic heterocycles. The Kier molecular flexibility index (Phi) is 1.79. The molecule has 0 radical (unpaired) electrons. The van der Waals surface area contributed by atoms with Crippen molar-refractivity contribution in [3.05, 3.63) is 35.9 Å². The second kappa shape index (κ2) is 3.12. The largest absolute Gasteiger partial charge is 0.472 e. The summed E-state index contributed by atoms with van der Waals surface area (Å²) >= 11 is 0. The van der Waals surface area contributed by atoms with Crippen LogP contribution in [0.2, 0.25) is 0 Å². The molecule has 2 atom stereocenters. The van der Waals surface area contributed by atoms with Crippen LogP contribution >= 0.6 is 0 Å². The molecule has 72 valence electrons. The molecule has 1 aromatic carbocycles. The summed E-state index contributed by atoms with van der Waals surface area (Å²) in [4.78, 5) is 4.61. The summed E-state index contributed by atoms with van der Waals surface area (Å²) in [6, 6.07) is 10.6. The number of hydrogen-bond donors (Lipinski definition) is 0. The van der Waals surface area contributed by atoms with Gasteiger partial charge in [0, 0.05) is 5.56 Å². The first-order valence-electron chi connectivity index (χ1n) is 5.23. The molecular formula is C12H13NO. The molecule has 1 heterocycles. The van der Waals surface area contributed by atoms with Crippen LogP contribution < -0.4 is 0 Å². The lowest BCUT2D eigenvalue weighted by Gasteiger charge is -2.07. The van der Waals surface area contributed by atoms with Crippen LogP contribution in [-0.2, 0) is 4.74 Å². The fourth-order valence-corrected chi connectivity index (χ4v) is 2.24. The molecule has 2 aliphatic rings. The smallest absolute Gasteiger partial charge is 0.216 e. The van der Waals surface area contributed by atoms with Crippen LogP contribution in [0.1, 0.15) is 24.8 Å². The maximum absolute atomic E-state index is 5.82. The Labute approximate surface area is 83.6 Å². The van der Waals surface area contributed by atoms with Gasteiger partial charge in [0.25, 0.3) is 0 Å². The Hall–Kier alpha value is -1.31. The number of nitrogens with zero attached hydrogens (tertiary/aromatic N) is 1. The third-order valence-corrected chi connectivity index (χ3v) is 2.98. The molecule has 0 N–H and O–H groups in total. The summed E-state index contributed by atoms with van der Waals surface area (Å²) in [7, 11) is 0. The highest BCUT2D eigenvalue weighted by atomic mass is 16.5. The number of benzene rings is 1. The van der Waals surface area contributed by atoms with Crippen molar-refractivity contribution >= 4 is 5.90 Å². The van der Waals surface area contributed by atoms with Gasteiger partial charge in [0.05, 0.1) is 6.04 Å². The first-order valence-corrected chi connectivity index (χ1v) is 5.23. The van der Waals surface area contributed by atoms with Crippen molar-refractivity contribution in [2.24, 2.45) is 4.99 Å². The number of rotatable bonds is 1. The number of fused-ring (bicyclic) bond motifs is 1. The zero-order valence-electron chi connectivity index (χ0n) is 8.02. The monoisotopic (exact) mass is 187 g/mol. The molecule has 1 aliphatic heterocycles. The number of aliphatic imine (C=N–C) groups is 1. The molecule has 0 bridgehead atoms. The van der Waals surface area contributed by atoms with Crippen molar-refractivity contribution in [2.75, 3.05) is 0 Å². The van der Waals surface area contributed by atoms with Gasteiger partial charge in [0.1, 0.15) is 6.10 Å². The first kappa shape index (κ1) is 8.04. The van der Waals surface area contributed by atoms with Gasteiger partial charge in [0.2, 0.25) is 5.90 Å². The van der Waals surface area contributed by atoms with E-state index in [1.807, 2.05) is 18.2 Å². The van der Waals surface area contributed by atoms with E-state index in [-0.39, 0.29) is 0 Å². The van der Waals surface area contributed by atoms with Gasteiger partial charge in [0.15, 0.2) is 0 Å². The van der Waals surface area contributed by atoms with E-state index >= 15 is 0 Å². The van der Waals surface area contributed by atoms with Crippen LogP contribution in [0.3, 0.4) is 0 Å². The maximum atomic E-state index is 5.82. The fourth-order valence-electron chi connectivity index (χ4n) is 2.24. The fraction of sp³-hybridized carbons (Fsp3) is 0.417. The van der Waals surface area contributed by atoms with Crippen molar-refractivity contribution in [1.29, 1.82) is 0 Å². The van der Waals surface area contributed by atoms with Gasteiger partial charge in [-0.05, 0) is 31.4 Å². The molecule has 1 aliphatic carbocycles. The van der Waals surface area contributed by atoms with E-state index in [0.717, 1.165) is 11.5 Å². The van der Waals surface area contributed by atoms with Gasteiger partial charge in [-0.1, -0.05) is 18.2 Å². The quantitative estimate of drug-likeness (QED) is 0.661. The standard InChI is InChI=1S/C12H13NO/c1-2-5-9(6-3-1)12-13-10-7-4-8-11(10)14-12/h1-3,5-6,10-11H,4,7-8H2/t10-,11+/m1/s1.